The standard InChI is InChI=1S/C44H52N6O6/c1-23(2)39(48-42(52)54-8)41(51)50-25(4)9-14-36(50)40-45-20-35(47-40)27-10-12-29-28(16-27)22-55-38-19-30-26(17-32(29)38)11-13-33-31(30)18-34(46-33)37-15-24(3)21-49(37)43(53)56-44(5,6)7/h10-13,16-17,19-20,23-25,36-37,39H,9,14-15,18,21-22H2,1-8H3,(H,45,47)(H,48,52)/t24-,25-,36-,37-,39-/m0/s1. The van der Waals surface area contributed by atoms with E-state index in [4.69, 9.17) is 24.2 Å². The van der Waals surface area contributed by atoms with Crippen LogP contribution in [-0.2, 0) is 27.3 Å². The Morgan fingerprint density at radius 1 is 1.02 bits per heavy atom. The lowest BCUT2D eigenvalue weighted by molar-refractivity contribution is -0.137. The third-order valence-corrected chi connectivity index (χ3v) is 11.7. The maximum absolute atomic E-state index is 13.8. The Kier molecular flexibility index (Phi) is 9.57. The fourth-order valence-electron chi connectivity index (χ4n) is 8.91. The summed E-state index contributed by atoms with van der Waals surface area (Å²) in [4.78, 5) is 56.2. The van der Waals surface area contributed by atoms with Crippen LogP contribution in [0.4, 0.5) is 15.3 Å². The molecule has 12 heteroatoms. The summed E-state index contributed by atoms with van der Waals surface area (Å²) in [5.74, 6) is 1.68. The SMILES string of the molecule is COC(=O)N[C@H](C(=O)N1[C@@H](C)CC[C@H]1c1ncc(-c2ccc3c(c2)COc2cc4c5c(ccc4cc2-3)N=C([C@@H]2C[C@H](C)CN2C(=O)OC(C)(C)C)C5)[nH]1)C(C)C. The van der Waals surface area contributed by atoms with E-state index in [-0.39, 0.29) is 36.0 Å². The molecule has 0 unspecified atom stereocenters. The monoisotopic (exact) mass is 760 g/mol. The summed E-state index contributed by atoms with van der Waals surface area (Å²) in [6.45, 7) is 14.8. The second-order valence-electron chi connectivity index (χ2n) is 17.3. The Balaban J connectivity index is 1.02. The van der Waals surface area contributed by atoms with E-state index >= 15 is 0 Å². The zero-order valence-corrected chi connectivity index (χ0v) is 33.6. The first-order chi connectivity index (χ1) is 26.7. The fourth-order valence-corrected chi connectivity index (χ4v) is 8.91. The van der Waals surface area contributed by atoms with Gasteiger partial charge >= 0.3 is 12.2 Å². The number of likely N-dealkylation sites (tertiary alicyclic amines) is 2. The zero-order valence-electron chi connectivity index (χ0n) is 33.6. The molecule has 5 heterocycles. The molecule has 2 N–H and O–H groups in total. The lowest BCUT2D eigenvalue weighted by Crippen LogP contribution is -2.52. The Morgan fingerprint density at radius 3 is 2.57 bits per heavy atom. The highest BCUT2D eigenvalue weighted by molar-refractivity contribution is 6.06. The van der Waals surface area contributed by atoms with E-state index in [1.807, 2.05) is 57.5 Å². The van der Waals surface area contributed by atoms with Gasteiger partial charge in [0.25, 0.3) is 0 Å². The number of nitrogens with one attached hydrogen (secondary N) is 2. The minimum atomic E-state index is -0.704. The molecule has 5 atom stereocenters. The van der Waals surface area contributed by atoms with E-state index in [1.54, 1.807) is 0 Å². The van der Waals surface area contributed by atoms with Gasteiger partial charge in [0.2, 0.25) is 5.91 Å². The number of aromatic nitrogens is 2. The van der Waals surface area contributed by atoms with E-state index in [0.29, 0.717) is 25.5 Å². The van der Waals surface area contributed by atoms with E-state index < -0.39 is 17.7 Å². The quantitative estimate of drug-likeness (QED) is 0.201. The molecule has 2 fully saturated rings. The normalized spacial score (nSPS) is 22.0. The van der Waals surface area contributed by atoms with Gasteiger partial charge in [-0.3, -0.25) is 14.7 Å². The summed E-state index contributed by atoms with van der Waals surface area (Å²) >= 11 is 0. The molecular weight excluding hydrogens is 709 g/mol. The number of H-pyrrole nitrogens is 1. The van der Waals surface area contributed by atoms with Crippen LogP contribution in [0.3, 0.4) is 0 Å². The molecular formula is C44H52N6O6. The largest absolute Gasteiger partial charge is 0.488 e. The molecule has 0 saturated carbocycles. The number of aliphatic imine (C=N–C) groups is 1. The Hall–Kier alpha value is -5.39. The number of alkyl carbamates (subject to hydrolysis) is 1. The number of hydrogen-bond acceptors (Lipinski definition) is 8. The van der Waals surface area contributed by atoms with Crippen LogP contribution in [0.15, 0.2) is 53.7 Å². The van der Waals surface area contributed by atoms with Crippen LogP contribution >= 0.6 is 0 Å². The summed E-state index contributed by atoms with van der Waals surface area (Å²) in [5.41, 5.74) is 7.67. The molecule has 3 amide bonds. The molecule has 3 aromatic carbocycles. The first kappa shape index (κ1) is 37.5. The molecule has 0 aliphatic carbocycles. The van der Waals surface area contributed by atoms with Gasteiger partial charge in [0, 0.05) is 30.3 Å². The second-order valence-corrected chi connectivity index (χ2v) is 17.3. The third kappa shape index (κ3) is 6.87. The molecule has 4 aromatic rings. The van der Waals surface area contributed by atoms with Gasteiger partial charge < -0.3 is 29.4 Å². The van der Waals surface area contributed by atoms with Gasteiger partial charge in [0.05, 0.1) is 36.8 Å². The predicted octanol–water partition coefficient (Wildman–Crippen LogP) is 8.50. The van der Waals surface area contributed by atoms with Gasteiger partial charge in [-0.15, -0.1) is 0 Å². The van der Waals surface area contributed by atoms with E-state index in [9.17, 15) is 14.4 Å². The van der Waals surface area contributed by atoms with Crippen LogP contribution in [0.25, 0.3) is 33.2 Å². The Morgan fingerprint density at radius 2 is 1.82 bits per heavy atom. The summed E-state index contributed by atoms with van der Waals surface area (Å²) in [6.07, 6.45) is 4.09. The van der Waals surface area contributed by atoms with Gasteiger partial charge in [0.1, 0.15) is 29.8 Å². The van der Waals surface area contributed by atoms with E-state index in [2.05, 4.69) is 59.7 Å². The minimum Gasteiger partial charge on any atom is -0.488 e. The number of amides is 3. The summed E-state index contributed by atoms with van der Waals surface area (Å²) in [5, 5.41) is 4.97. The predicted molar refractivity (Wildman–Crippen MR) is 215 cm³/mol. The first-order valence-corrected chi connectivity index (χ1v) is 19.8. The molecule has 0 bridgehead atoms. The third-order valence-electron chi connectivity index (χ3n) is 11.7. The molecule has 4 aliphatic heterocycles. The number of benzene rings is 3. The number of fused-ring (bicyclic) bond motifs is 6. The molecule has 2 saturated heterocycles. The van der Waals surface area contributed by atoms with Gasteiger partial charge in [0.15, 0.2) is 0 Å². The lowest BCUT2D eigenvalue weighted by atomic mass is 9.90. The molecule has 0 spiro atoms. The molecule has 294 valence electrons. The van der Waals surface area contributed by atoms with Gasteiger partial charge in [-0.2, -0.15) is 0 Å². The van der Waals surface area contributed by atoms with Crippen molar-refractivity contribution in [3.63, 3.8) is 0 Å². The van der Waals surface area contributed by atoms with Crippen molar-refractivity contribution in [1.82, 2.24) is 25.1 Å². The van der Waals surface area contributed by atoms with Crippen molar-refractivity contribution in [2.45, 2.75) is 111 Å². The van der Waals surface area contributed by atoms with Gasteiger partial charge in [-0.25, -0.2) is 14.6 Å². The topological polar surface area (TPSA) is 138 Å². The number of imidazole rings is 1. The number of carbonyl (C=O) groups excluding carboxylic acids is 3. The summed E-state index contributed by atoms with van der Waals surface area (Å²) in [7, 11) is 1.30. The smallest absolute Gasteiger partial charge is 0.410 e. The van der Waals surface area contributed by atoms with Crippen molar-refractivity contribution in [3.8, 4) is 28.1 Å². The Bertz CT molecular complexity index is 2250. The van der Waals surface area contributed by atoms with Crippen molar-refractivity contribution in [3.05, 3.63) is 65.6 Å². The molecule has 0 radical (unpaired) electrons. The number of nitrogens with zero attached hydrogens (tertiary/aromatic N) is 4. The number of rotatable bonds is 6. The molecule has 4 aliphatic rings. The van der Waals surface area contributed by atoms with Crippen LogP contribution in [-0.4, -0.2) is 81.0 Å². The van der Waals surface area contributed by atoms with Crippen molar-refractivity contribution < 1.29 is 28.6 Å². The first-order valence-electron chi connectivity index (χ1n) is 19.8. The summed E-state index contributed by atoms with van der Waals surface area (Å²) < 4.78 is 17.0. The highest BCUT2D eigenvalue weighted by atomic mass is 16.6. The van der Waals surface area contributed by atoms with Crippen molar-refractivity contribution in [1.29, 1.82) is 0 Å². The molecule has 56 heavy (non-hydrogen) atoms. The van der Waals surface area contributed by atoms with Crippen LogP contribution in [0, 0.1) is 11.8 Å². The van der Waals surface area contributed by atoms with Crippen molar-refractivity contribution in [2.24, 2.45) is 16.8 Å². The van der Waals surface area contributed by atoms with E-state index in [0.717, 1.165) is 81.0 Å². The maximum atomic E-state index is 13.8. The second kappa shape index (κ2) is 14.3. The molecule has 8 rings (SSSR count). The van der Waals surface area contributed by atoms with Crippen molar-refractivity contribution in [2.75, 3.05) is 13.7 Å². The van der Waals surface area contributed by atoms with Crippen molar-refractivity contribution >= 4 is 40.3 Å². The Labute approximate surface area is 328 Å². The van der Waals surface area contributed by atoms with Gasteiger partial charge in [-0.05, 0) is 116 Å². The van der Waals surface area contributed by atoms with Crippen LogP contribution in [0.1, 0.15) is 90.7 Å². The van der Waals surface area contributed by atoms with Gasteiger partial charge in [-0.1, -0.05) is 39.0 Å². The lowest BCUT2D eigenvalue weighted by Gasteiger charge is -2.32. The number of hydrogen-bond donors (Lipinski definition) is 2. The number of aromatic amines is 1. The molecule has 1 aromatic heterocycles. The van der Waals surface area contributed by atoms with E-state index in [1.165, 1.54) is 12.7 Å². The number of carbonyl (C=O) groups is 3. The van der Waals surface area contributed by atoms with Crippen LogP contribution in [0.2, 0.25) is 0 Å². The maximum Gasteiger partial charge on any atom is 0.410 e. The highest BCUT2D eigenvalue weighted by Crippen LogP contribution is 2.45. The highest BCUT2D eigenvalue weighted by Gasteiger charge is 2.42. The average Bonchev–Trinajstić information content (AvgIpc) is 3.97. The summed E-state index contributed by atoms with van der Waals surface area (Å²) in [6, 6.07) is 14.0. The average molecular weight is 761 g/mol. The zero-order chi connectivity index (χ0) is 39.6. The number of methoxy groups -OCH3 is 1. The minimum absolute atomic E-state index is 0.0000573. The molecule has 12 nitrogen and oxygen atoms in total. The van der Waals surface area contributed by atoms with Crippen LogP contribution in [0.5, 0.6) is 5.75 Å². The van der Waals surface area contributed by atoms with Crippen LogP contribution < -0.4 is 10.1 Å². The number of ether oxygens (including phenoxy) is 3. The fraction of sp³-hybridized carbons (Fsp3) is 0.477.